The summed E-state index contributed by atoms with van der Waals surface area (Å²) in [6, 6.07) is 5.91. The average Bonchev–Trinajstić information content (AvgIpc) is 2.53. The number of esters is 1. The Hall–Kier alpha value is -1.39. The minimum atomic E-state index is -1.73. The van der Waals surface area contributed by atoms with Crippen molar-refractivity contribution in [3.8, 4) is 0 Å². The van der Waals surface area contributed by atoms with Crippen LogP contribution in [0.1, 0.15) is 69.4 Å². The summed E-state index contributed by atoms with van der Waals surface area (Å²) in [5.41, 5.74) is 2.80. The van der Waals surface area contributed by atoms with E-state index in [1.165, 1.54) is 0 Å². The van der Waals surface area contributed by atoms with Crippen molar-refractivity contribution in [3.63, 3.8) is 0 Å². The number of benzene rings is 1. The smallest absolute Gasteiger partial charge is 0.338 e. The summed E-state index contributed by atoms with van der Waals surface area (Å²) in [6.45, 7) is 17.8. The monoisotopic (exact) mass is 376 g/mol. The minimum absolute atomic E-state index is 0.205. The van der Waals surface area contributed by atoms with E-state index in [9.17, 15) is 4.79 Å². The summed E-state index contributed by atoms with van der Waals surface area (Å²) in [5.74, 6) is -0.240. The van der Waals surface area contributed by atoms with Crippen molar-refractivity contribution < 1.29 is 14.0 Å². The third-order valence-corrected chi connectivity index (χ3v) is 9.69. The molecule has 0 bridgehead atoms. The molecule has 4 heteroatoms. The van der Waals surface area contributed by atoms with Gasteiger partial charge in [-0.05, 0) is 62.0 Å². The van der Waals surface area contributed by atoms with Crippen LogP contribution in [0.4, 0.5) is 0 Å². The van der Waals surface area contributed by atoms with Crippen molar-refractivity contribution in [3.05, 3.63) is 41.0 Å². The van der Waals surface area contributed by atoms with Gasteiger partial charge in [0, 0.05) is 6.10 Å². The maximum Gasteiger partial charge on any atom is 0.338 e. The van der Waals surface area contributed by atoms with Crippen LogP contribution >= 0.6 is 0 Å². The first-order valence-electron chi connectivity index (χ1n) is 9.66. The molecule has 0 saturated heterocycles. The molecule has 0 aliphatic rings. The van der Waals surface area contributed by atoms with Crippen molar-refractivity contribution >= 4 is 20.4 Å². The molecule has 26 heavy (non-hydrogen) atoms. The molecule has 1 rings (SSSR count). The van der Waals surface area contributed by atoms with E-state index in [0.29, 0.717) is 12.2 Å². The highest BCUT2D eigenvalue weighted by Gasteiger charge is 2.38. The van der Waals surface area contributed by atoms with Crippen molar-refractivity contribution in [2.45, 2.75) is 78.6 Å². The van der Waals surface area contributed by atoms with Gasteiger partial charge in [0.05, 0.1) is 12.2 Å². The van der Waals surface area contributed by atoms with Gasteiger partial charge in [0.15, 0.2) is 8.32 Å². The molecule has 0 aliphatic carbocycles. The fourth-order valence-corrected chi connectivity index (χ4v) is 4.00. The Morgan fingerprint density at radius 3 is 2.42 bits per heavy atom. The molecule has 0 spiro atoms. The maximum absolute atomic E-state index is 12.0. The lowest BCUT2D eigenvalue weighted by atomic mass is 10.0. The second kappa shape index (κ2) is 9.52. The fraction of sp³-hybridized carbons (Fsp3) is 0.591. The molecule has 3 nitrogen and oxygen atoms in total. The normalized spacial score (nSPS) is 13.8. The van der Waals surface area contributed by atoms with E-state index in [4.69, 9.17) is 9.16 Å². The fourth-order valence-electron chi connectivity index (χ4n) is 2.54. The van der Waals surface area contributed by atoms with Gasteiger partial charge in [-0.2, -0.15) is 0 Å². The molecule has 1 aromatic rings. The molecule has 0 amide bonds. The quantitative estimate of drug-likeness (QED) is 0.398. The highest BCUT2D eigenvalue weighted by molar-refractivity contribution is 6.74. The van der Waals surface area contributed by atoms with Crippen LogP contribution < -0.4 is 0 Å². The largest absolute Gasteiger partial charge is 0.462 e. The summed E-state index contributed by atoms with van der Waals surface area (Å²) in [4.78, 5) is 12.0. The van der Waals surface area contributed by atoms with E-state index < -0.39 is 8.32 Å². The second-order valence-electron chi connectivity index (χ2n) is 8.32. The van der Waals surface area contributed by atoms with E-state index in [1.54, 1.807) is 0 Å². The lowest BCUT2D eigenvalue weighted by molar-refractivity contribution is 0.0525. The number of hydrogen-bond donors (Lipinski definition) is 0. The third-order valence-electron chi connectivity index (χ3n) is 5.09. The number of carbonyl (C=O) groups is 1. The molecule has 1 unspecified atom stereocenters. The summed E-state index contributed by atoms with van der Waals surface area (Å²) in [6.07, 6.45) is 6.17. The van der Waals surface area contributed by atoms with Crippen LogP contribution in [-0.2, 0) is 15.6 Å². The van der Waals surface area contributed by atoms with Gasteiger partial charge >= 0.3 is 5.97 Å². The van der Waals surface area contributed by atoms with Crippen LogP contribution in [-0.4, -0.2) is 27.0 Å². The molecule has 1 atom stereocenters. The van der Waals surface area contributed by atoms with Gasteiger partial charge < -0.3 is 9.16 Å². The number of hydrogen-bond acceptors (Lipinski definition) is 3. The molecule has 0 N–H and O–H groups in total. The Morgan fingerprint density at radius 2 is 1.88 bits per heavy atom. The van der Waals surface area contributed by atoms with Crippen LogP contribution in [0.25, 0.3) is 6.08 Å². The van der Waals surface area contributed by atoms with Crippen LogP contribution in [0, 0.1) is 0 Å². The van der Waals surface area contributed by atoms with E-state index in [2.05, 4.69) is 65.9 Å². The summed E-state index contributed by atoms with van der Waals surface area (Å²) < 4.78 is 11.5. The Bertz CT molecular complexity index is 627. The molecule has 0 aromatic heterocycles. The van der Waals surface area contributed by atoms with Crippen molar-refractivity contribution in [1.82, 2.24) is 0 Å². The highest BCUT2D eigenvalue weighted by Crippen LogP contribution is 2.37. The molecule has 0 aliphatic heterocycles. The Balaban J connectivity index is 2.75. The Labute approximate surface area is 160 Å². The van der Waals surface area contributed by atoms with Crippen LogP contribution in [0.2, 0.25) is 18.1 Å². The van der Waals surface area contributed by atoms with Crippen LogP contribution in [0.5, 0.6) is 0 Å². The first kappa shape index (κ1) is 22.6. The summed E-state index contributed by atoms with van der Waals surface area (Å²) >= 11 is 0. The van der Waals surface area contributed by atoms with Gasteiger partial charge in [0.2, 0.25) is 0 Å². The molecular weight excluding hydrogens is 340 g/mol. The van der Waals surface area contributed by atoms with Crippen molar-refractivity contribution in [2.24, 2.45) is 0 Å². The van der Waals surface area contributed by atoms with Gasteiger partial charge in [-0.25, -0.2) is 4.79 Å². The van der Waals surface area contributed by atoms with E-state index in [-0.39, 0.29) is 17.1 Å². The average molecular weight is 377 g/mol. The number of aryl methyl sites for hydroxylation is 1. The lowest BCUT2D eigenvalue weighted by Gasteiger charge is -2.38. The lowest BCUT2D eigenvalue weighted by Crippen LogP contribution is -2.43. The molecule has 0 radical (unpaired) electrons. The van der Waals surface area contributed by atoms with Crippen LogP contribution in [0.15, 0.2) is 24.3 Å². The van der Waals surface area contributed by atoms with Crippen LogP contribution in [0.3, 0.4) is 0 Å². The topological polar surface area (TPSA) is 35.5 Å². The van der Waals surface area contributed by atoms with Gasteiger partial charge in [-0.3, -0.25) is 0 Å². The summed E-state index contributed by atoms with van der Waals surface area (Å²) in [5, 5.41) is 0.226. The molecule has 0 heterocycles. The zero-order valence-corrected chi connectivity index (χ0v) is 18.8. The molecule has 146 valence electrons. The predicted octanol–water partition coefficient (Wildman–Crippen LogP) is 6.24. The Kier molecular flexibility index (Phi) is 8.29. The van der Waals surface area contributed by atoms with Gasteiger partial charge in [0.25, 0.3) is 0 Å². The van der Waals surface area contributed by atoms with E-state index >= 15 is 0 Å². The second-order valence-corrected chi connectivity index (χ2v) is 13.1. The van der Waals surface area contributed by atoms with Crippen molar-refractivity contribution in [2.75, 3.05) is 6.61 Å². The highest BCUT2D eigenvalue weighted by atomic mass is 28.4. The zero-order chi connectivity index (χ0) is 20.0. The molecule has 0 fully saturated rings. The predicted molar refractivity (Wildman–Crippen MR) is 113 cm³/mol. The number of ether oxygens (including phenoxy) is 1. The van der Waals surface area contributed by atoms with Gasteiger partial charge in [-0.1, -0.05) is 52.0 Å². The standard InChI is InChI=1S/C22H36O3Si/c1-9-19-16-18(14-15-20(19)21(23)24-10-2)13-11-12-17(3)25-26(7,8)22(4,5)6/h11,13-17H,9-10,12H2,1-8H3. The Morgan fingerprint density at radius 1 is 1.23 bits per heavy atom. The zero-order valence-electron chi connectivity index (χ0n) is 17.8. The summed E-state index contributed by atoms with van der Waals surface area (Å²) in [7, 11) is -1.73. The minimum Gasteiger partial charge on any atom is -0.462 e. The SMILES string of the molecule is CCOC(=O)c1ccc(C=CCC(C)O[Si](C)(C)C(C)(C)C)cc1CC. The molecule has 0 saturated carbocycles. The first-order chi connectivity index (χ1) is 12.0. The third kappa shape index (κ3) is 6.40. The number of rotatable bonds is 8. The van der Waals surface area contributed by atoms with Gasteiger partial charge in [0.1, 0.15) is 0 Å². The first-order valence-corrected chi connectivity index (χ1v) is 12.6. The van der Waals surface area contributed by atoms with Gasteiger partial charge in [-0.15, -0.1) is 0 Å². The van der Waals surface area contributed by atoms with E-state index in [1.807, 2.05) is 19.1 Å². The maximum atomic E-state index is 12.0. The van der Waals surface area contributed by atoms with Crippen molar-refractivity contribution in [1.29, 1.82) is 0 Å². The van der Waals surface area contributed by atoms with E-state index in [0.717, 1.165) is 24.0 Å². The number of carbonyl (C=O) groups excluding carboxylic acids is 1. The molecular formula is C22H36O3Si. The molecule has 1 aromatic carbocycles.